The minimum Gasteiger partial charge on any atom is -0.461 e. The monoisotopic (exact) mass is 1920 g/mol. The first kappa shape index (κ1) is 101. The molecule has 712 valence electrons. The quantitative estimate of drug-likeness (QED) is 0.00499. The van der Waals surface area contributed by atoms with Crippen LogP contribution in [0.2, 0.25) is 0 Å². The number of carbonyl (C=O) groups excluding carboxylic acids is 5. The van der Waals surface area contributed by atoms with Gasteiger partial charge in [-0.1, -0.05) is 66.5 Å². The number of imidazole rings is 2. The molecule has 4 aliphatic rings. The van der Waals surface area contributed by atoms with E-state index >= 15 is 0 Å². The summed E-state index contributed by atoms with van der Waals surface area (Å²) in [6.07, 6.45) is -14.9. The second-order valence-electron chi connectivity index (χ2n) is 30.6. The number of fused-ring (bicyclic) bond motifs is 2. The van der Waals surface area contributed by atoms with Crippen LogP contribution in [0.4, 0.5) is 33.8 Å². The van der Waals surface area contributed by atoms with Gasteiger partial charge in [0.1, 0.15) is 128 Å². The summed E-state index contributed by atoms with van der Waals surface area (Å²) in [4.78, 5) is 184. The maximum Gasteiger partial charge on any atom is 0.472 e. The second kappa shape index (κ2) is 44.1. The topological polar surface area (TPSA) is 802 Å². The molecule has 4 fully saturated rings. The molecule has 59 heteroatoms. The lowest BCUT2D eigenvalue weighted by atomic mass is 10.1. The first-order valence-electron chi connectivity index (χ1n) is 39.8. The van der Waals surface area contributed by atoms with Gasteiger partial charge < -0.3 is 116 Å². The van der Waals surface area contributed by atoms with Crippen LogP contribution in [-0.4, -0.2) is 233 Å². The summed E-state index contributed by atoms with van der Waals surface area (Å²) in [5, 5.41) is 29.3. The molecule has 0 bridgehead atoms. The van der Waals surface area contributed by atoms with Crippen molar-refractivity contribution in [2.75, 3.05) is 49.4 Å². The Labute approximate surface area is 740 Å². The third-order valence-electron chi connectivity index (χ3n) is 20.0. The molecule has 2 aromatic carbocycles. The number of aliphatic hydroxyl groups excluding tert-OH is 2. The minimum absolute atomic E-state index is 0.0168. The van der Waals surface area contributed by atoms with Gasteiger partial charge in [0.05, 0.1) is 39.1 Å². The van der Waals surface area contributed by atoms with Gasteiger partial charge in [0.15, 0.2) is 47.6 Å². The number of hydrogen-bond donors (Lipinski definition) is 14. The molecule has 4 saturated heterocycles. The molecular formula is C72H95N21O34P4. The van der Waals surface area contributed by atoms with Crippen molar-refractivity contribution in [3.05, 3.63) is 146 Å². The number of phosphoric acid groups is 4. The van der Waals surface area contributed by atoms with Crippen LogP contribution >= 0.6 is 31.3 Å². The Morgan fingerprint density at radius 1 is 0.580 bits per heavy atom. The predicted molar refractivity (Wildman–Crippen MR) is 443 cm³/mol. The van der Waals surface area contributed by atoms with Crippen LogP contribution in [0.3, 0.4) is 0 Å². The lowest BCUT2D eigenvalue weighted by Gasteiger charge is -2.26. The van der Waals surface area contributed by atoms with E-state index in [1.54, 1.807) is 45.0 Å². The fourth-order valence-corrected chi connectivity index (χ4v) is 16.3. The second-order valence-corrected chi connectivity index (χ2v) is 35.9. The number of nitrogens with zero attached hydrogens (tertiary/aromatic N) is 15. The molecule has 19 N–H and O–H groups in total. The van der Waals surface area contributed by atoms with Crippen molar-refractivity contribution in [1.82, 2.24) is 63.5 Å². The predicted octanol–water partition coefficient (Wildman–Crippen LogP) is 2.71. The van der Waals surface area contributed by atoms with Gasteiger partial charge in [-0.25, -0.2) is 67.3 Å². The number of aliphatic hydroxyl groups is 2. The average Bonchev–Trinajstić information content (AvgIpc) is 1.54. The summed E-state index contributed by atoms with van der Waals surface area (Å²) in [6, 6.07) is 13.8. The number of ether oxygens (including phenoxy) is 9. The molecule has 8 aromatic rings. The van der Waals surface area contributed by atoms with Gasteiger partial charge >= 0.3 is 72.6 Å². The third-order valence-corrected chi connectivity index (χ3v) is 23.0. The fraction of sp³-hybridized carbons (Fsp3) is 0.514. The number of aromatic nitrogens is 12. The fourth-order valence-electron chi connectivity index (χ4n) is 13.7. The van der Waals surface area contributed by atoms with Crippen molar-refractivity contribution in [2.45, 2.75) is 209 Å². The van der Waals surface area contributed by atoms with Crippen LogP contribution in [0.1, 0.15) is 127 Å². The van der Waals surface area contributed by atoms with Gasteiger partial charge in [0.25, 0.3) is 0 Å². The average molecular weight is 1920 g/mol. The Balaban J connectivity index is 0.000000255. The Kier molecular flexibility index (Phi) is 33.9. The number of nitrogen functional groups attached to an aromatic ring is 4. The van der Waals surface area contributed by atoms with Gasteiger partial charge in [-0.05, 0) is 87.7 Å². The number of nitrogens with two attached hydrogens (primary N) is 5. The largest absolute Gasteiger partial charge is 0.472 e. The molecular weight excluding hydrogens is 1830 g/mol. The van der Waals surface area contributed by atoms with E-state index in [4.69, 9.17) is 94.9 Å². The van der Waals surface area contributed by atoms with Gasteiger partial charge in [-0.15, -0.1) is 0 Å². The molecule has 12 rings (SSSR count). The molecule has 55 nitrogen and oxygen atoms in total. The summed E-state index contributed by atoms with van der Waals surface area (Å²) in [6.45, 7) is 3.07. The summed E-state index contributed by atoms with van der Waals surface area (Å²) < 4.78 is 136. The van der Waals surface area contributed by atoms with Gasteiger partial charge in [-0.3, -0.25) is 59.8 Å². The van der Waals surface area contributed by atoms with Crippen LogP contribution in [0.5, 0.6) is 0 Å². The van der Waals surface area contributed by atoms with E-state index in [2.05, 4.69) is 64.3 Å². The zero-order valence-corrected chi connectivity index (χ0v) is 73.4. The van der Waals surface area contributed by atoms with Crippen molar-refractivity contribution in [2.24, 2.45) is 10.8 Å². The van der Waals surface area contributed by atoms with Crippen LogP contribution < -0.4 is 45.4 Å². The highest BCUT2D eigenvalue weighted by Crippen LogP contribution is 2.52. The standard InChI is InChI=1S/C38H50N12O18P2.C34H45N9O16P2/c1-38(2,3)67-37(55)45-22(10-6-7-11-28(51)61-15-20-8-4-5-9-21(20)47-48-41)35(53)66-31-25(65-34(30(31)52)50-19-44-29-32(40)42-18-43-33(29)50)17-63-70(59,60)68-23-14-27(49-13-12-26(39)46-36(49)54)64-24(23)16-62-69(56,57)58;1-18-6-2-3-7-19(18)13-53-26(44)9-5-4-8-20(35)33(46)58-29-23(57-32(28(29)45)43-17-40-27-30(37)38-16-39-31(27)43)15-55-61(51,52)59-21-12-25(42-11-10-24(36)41-34(42)47)56-22(21)14-54-60(48,49)50/h4-5,8-9,12-13,18-19,22-25,27,30-31,34,52H,6-7,10-11,14-17H2,1-3H3,(H,45,55)(H,59,60)(H2,39,46,54)(H2,40,42,43)(H2,56,57,58);2-3,6-7,10-11,16-17,20-23,25,28-29,32,45H,4-5,8-9,12-15,35H2,1H3,(H,51,52)(H2,36,41,47)(H2,37,38,39)(H2,48,49,50)/t22-,23-,24+,25+,27+,30+,31+,34+;20-,21-,22+,23+,25+,28+,29+,32+/m00/s1. The van der Waals surface area contributed by atoms with E-state index in [1.807, 2.05) is 31.2 Å². The number of benzene rings is 2. The molecule has 1 amide bonds. The van der Waals surface area contributed by atoms with Crippen molar-refractivity contribution >= 4 is 113 Å². The van der Waals surface area contributed by atoms with Crippen LogP contribution in [-0.2, 0) is 120 Å². The number of phosphoric ester groups is 4. The molecule has 18 atom stereocenters. The maximum atomic E-state index is 14.1. The van der Waals surface area contributed by atoms with Crippen molar-refractivity contribution in [1.29, 1.82) is 0 Å². The first-order valence-corrected chi connectivity index (χ1v) is 45.8. The number of rotatable bonds is 40. The minimum atomic E-state index is -5.29. The molecule has 131 heavy (non-hydrogen) atoms. The number of azide groups is 1. The molecule has 6 aromatic heterocycles. The number of esters is 4. The summed E-state index contributed by atoms with van der Waals surface area (Å²) in [5.41, 5.74) is 38.3. The van der Waals surface area contributed by atoms with Crippen molar-refractivity contribution < 1.29 is 152 Å². The lowest BCUT2D eigenvalue weighted by Crippen LogP contribution is -2.47. The number of anilines is 4. The highest BCUT2D eigenvalue weighted by atomic mass is 31.2. The molecule has 10 heterocycles. The number of nitrogens with one attached hydrogen (secondary N) is 1. The number of unbranched alkanes of at least 4 members (excludes halogenated alkanes) is 2. The Morgan fingerprint density at radius 3 is 1.48 bits per heavy atom. The normalized spacial score (nSPS) is 23.5. The maximum absolute atomic E-state index is 14.1. The Bertz CT molecular complexity index is 5760. The van der Waals surface area contributed by atoms with E-state index in [-0.39, 0.29) is 116 Å². The summed E-state index contributed by atoms with van der Waals surface area (Å²) >= 11 is 0. The van der Waals surface area contributed by atoms with Crippen LogP contribution in [0.15, 0.2) is 113 Å². The smallest absolute Gasteiger partial charge is 0.461 e. The molecule has 0 saturated carbocycles. The number of hydrogen-bond acceptors (Lipinski definition) is 42. The molecule has 0 spiro atoms. The Hall–Kier alpha value is -10.9. The zero-order valence-electron chi connectivity index (χ0n) is 69.9. The van der Waals surface area contributed by atoms with Gasteiger partial charge in [0.2, 0.25) is 0 Å². The number of alkyl carbamates (subject to hydrolysis) is 1. The molecule has 0 radical (unpaired) electrons. The van der Waals surface area contributed by atoms with E-state index in [9.17, 15) is 91.4 Å². The third kappa shape index (κ3) is 28.1. The summed E-state index contributed by atoms with van der Waals surface area (Å²) in [7, 11) is -20.7. The lowest BCUT2D eigenvalue weighted by molar-refractivity contribution is -0.159. The van der Waals surface area contributed by atoms with Crippen molar-refractivity contribution in [3.8, 4) is 0 Å². The molecule has 0 aliphatic carbocycles. The van der Waals surface area contributed by atoms with Crippen LogP contribution in [0.25, 0.3) is 32.8 Å². The van der Waals surface area contributed by atoms with E-state index in [0.29, 0.717) is 18.4 Å². The number of amides is 1. The van der Waals surface area contributed by atoms with Gasteiger partial charge in [0, 0.05) is 48.7 Å². The van der Waals surface area contributed by atoms with Crippen LogP contribution in [0, 0.1) is 6.92 Å². The molecule has 4 aliphatic heterocycles. The SMILES string of the molecule is CC(C)(C)OC(=O)N[C@@H](CCCCC(=O)OCc1ccccc1N=[N+]=[N-])C(=O)O[C@H]1[C@@H](O)[C@H](n2cnc3c(N)ncnc32)O[C@@H]1COP(=O)(O)O[C@H]1C[C@H](n2ccc(N)nc2=O)O[C@@H]1COP(=O)(O)O.Cc1ccccc1COC(=O)CCCC[C@H](N)C(=O)O[C@H]1[C@@H](O)[C@H](n2cnc3c(N)ncnc32)O[C@@H]1COP(=O)(O)O[C@H]1C[C@H](n2ccc(N)nc2=O)O[C@@H]1COP(=O)(O)O. The zero-order chi connectivity index (χ0) is 95.0. The van der Waals surface area contributed by atoms with Gasteiger partial charge in [-0.2, -0.15) is 9.97 Å². The van der Waals surface area contributed by atoms with Crippen molar-refractivity contribution in [3.63, 3.8) is 0 Å². The Morgan fingerprint density at radius 2 is 1.02 bits per heavy atom. The van der Waals surface area contributed by atoms with E-state index in [1.165, 1.54) is 46.3 Å². The molecule has 2 unspecified atom stereocenters. The number of carbonyl (C=O) groups is 5. The van der Waals surface area contributed by atoms with E-state index < -0.39 is 203 Å². The summed E-state index contributed by atoms with van der Waals surface area (Å²) in [5.74, 6) is -3.39. The highest BCUT2D eigenvalue weighted by Gasteiger charge is 2.53. The first-order chi connectivity index (χ1) is 61.9. The highest BCUT2D eigenvalue weighted by molar-refractivity contribution is 7.47. The number of aryl methyl sites for hydroxylation is 1. The van der Waals surface area contributed by atoms with E-state index in [0.717, 1.165) is 32.9 Å².